The number of nitrogens with one attached hydrogen (secondary N) is 1. The lowest BCUT2D eigenvalue weighted by atomic mass is 9.88. The van der Waals surface area contributed by atoms with Crippen molar-refractivity contribution in [1.29, 1.82) is 0 Å². The third-order valence-electron chi connectivity index (χ3n) is 3.21. The van der Waals surface area contributed by atoms with Crippen LogP contribution in [0.1, 0.15) is 19.8 Å². The van der Waals surface area contributed by atoms with Gasteiger partial charge in [-0.05, 0) is 25.3 Å². The molecule has 2 aliphatic heterocycles. The molecule has 1 N–H and O–H groups in total. The number of ether oxygens (including phenoxy) is 2. The van der Waals surface area contributed by atoms with Crippen LogP contribution in [-0.2, 0) is 9.47 Å². The van der Waals surface area contributed by atoms with E-state index in [0.717, 1.165) is 45.4 Å². The standard InChI is InChI=1S/C11H21NO2/c1-11(8-14-9-11)7-12-4-2-10-3-5-13-6-10/h10,12H,2-9H2,1H3. The summed E-state index contributed by atoms with van der Waals surface area (Å²) in [6.07, 6.45) is 2.51. The maximum atomic E-state index is 5.34. The second-order valence-electron chi connectivity index (χ2n) is 5.00. The molecule has 1 atom stereocenters. The first-order valence-corrected chi connectivity index (χ1v) is 5.65. The Bertz CT molecular complexity index is 174. The summed E-state index contributed by atoms with van der Waals surface area (Å²) in [7, 11) is 0. The number of hydrogen-bond donors (Lipinski definition) is 1. The number of hydrogen-bond acceptors (Lipinski definition) is 3. The first kappa shape index (κ1) is 10.4. The molecule has 1 unspecified atom stereocenters. The van der Waals surface area contributed by atoms with Crippen molar-refractivity contribution in [2.24, 2.45) is 11.3 Å². The molecular weight excluding hydrogens is 178 g/mol. The summed E-state index contributed by atoms with van der Waals surface area (Å²) >= 11 is 0. The lowest BCUT2D eigenvalue weighted by Gasteiger charge is -2.38. The molecule has 0 aromatic carbocycles. The normalized spacial score (nSPS) is 30.2. The predicted octanol–water partition coefficient (Wildman–Crippen LogP) is 1.04. The van der Waals surface area contributed by atoms with E-state index in [1.807, 2.05) is 0 Å². The van der Waals surface area contributed by atoms with Gasteiger partial charge in [0, 0.05) is 25.2 Å². The molecule has 0 aromatic rings. The quantitative estimate of drug-likeness (QED) is 0.671. The molecule has 0 spiro atoms. The molecule has 0 aromatic heterocycles. The number of rotatable bonds is 5. The fraction of sp³-hybridized carbons (Fsp3) is 1.00. The van der Waals surface area contributed by atoms with Crippen LogP contribution in [0.15, 0.2) is 0 Å². The van der Waals surface area contributed by atoms with Crippen molar-refractivity contribution in [3.8, 4) is 0 Å². The Balaban J connectivity index is 1.50. The molecule has 2 aliphatic rings. The summed E-state index contributed by atoms with van der Waals surface area (Å²) in [5, 5.41) is 3.52. The third kappa shape index (κ3) is 2.69. The van der Waals surface area contributed by atoms with Crippen LogP contribution in [0.4, 0.5) is 0 Å². The minimum absolute atomic E-state index is 0.409. The summed E-state index contributed by atoms with van der Waals surface area (Å²) in [5.41, 5.74) is 0.409. The summed E-state index contributed by atoms with van der Waals surface area (Å²) in [6.45, 7) is 8.30. The highest BCUT2D eigenvalue weighted by Gasteiger charge is 2.32. The van der Waals surface area contributed by atoms with Crippen molar-refractivity contribution >= 4 is 0 Å². The Morgan fingerprint density at radius 3 is 2.79 bits per heavy atom. The zero-order valence-corrected chi connectivity index (χ0v) is 9.05. The highest BCUT2D eigenvalue weighted by Crippen LogP contribution is 2.25. The Kier molecular flexibility index (Phi) is 3.42. The van der Waals surface area contributed by atoms with Crippen LogP contribution in [-0.4, -0.2) is 39.5 Å². The van der Waals surface area contributed by atoms with Crippen LogP contribution in [0, 0.1) is 11.3 Å². The summed E-state index contributed by atoms with van der Waals surface area (Å²) in [6, 6.07) is 0. The van der Waals surface area contributed by atoms with Crippen LogP contribution in [0.2, 0.25) is 0 Å². The van der Waals surface area contributed by atoms with E-state index in [4.69, 9.17) is 9.47 Å². The van der Waals surface area contributed by atoms with Crippen molar-refractivity contribution in [3.63, 3.8) is 0 Å². The Morgan fingerprint density at radius 1 is 1.36 bits per heavy atom. The molecule has 3 heteroatoms. The smallest absolute Gasteiger partial charge is 0.0554 e. The average molecular weight is 199 g/mol. The lowest BCUT2D eigenvalue weighted by molar-refractivity contribution is -0.0990. The van der Waals surface area contributed by atoms with E-state index in [2.05, 4.69) is 12.2 Å². The molecule has 3 nitrogen and oxygen atoms in total. The maximum Gasteiger partial charge on any atom is 0.0554 e. The van der Waals surface area contributed by atoms with Crippen molar-refractivity contribution in [1.82, 2.24) is 5.32 Å². The van der Waals surface area contributed by atoms with Gasteiger partial charge in [-0.25, -0.2) is 0 Å². The zero-order chi connectivity index (χ0) is 9.86. The van der Waals surface area contributed by atoms with Gasteiger partial charge in [-0.1, -0.05) is 6.92 Å². The van der Waals surface area contributed by atoms with Crippen LogP contribution >= 0.6 is 0 Å². The monoisotopic (exact) mass is 199 g/mol. The van der Waals surface area contributed by atoms with E-state index in [-0.39, 0.29) is 0 Å². The van der Waals surface area contributed by atoms with Gasteiger partial charge in [-0.2, -0.15) is 0 Å². The van der Waals surface area contributed by atoms with Crippen molar-refractivity contribution in [2.75, 3.05) is 39.5 Å². The fourth-order valence-corrected chi connectivity index (χ4v) is 2.06. The molecule has 2 rings (SSSR count). The van der Waals surface area contributed by atoms with Crippen molar-refractivity contribution in [3.05, 3.63) is 0 Å². The van der Waals surface area contributed by atoms with Crippen LogP contribution < -0.4 is 5.32 Å². The summed E-state index contributed by atoms with van der Waals surface area (Å²) in [4.78, 5) is 0. The van der Waals surface area contributed by atoms with E-state index in [9.17, 15) is 0 Å². The Labute approximate surface area is 86.2 Å². The van der Waals surface area contributed by atoms with E-state index in [1.54, 1.807) is 0 Å². The Morgan fingerprint density at radius 2 is 2.21 bits per heavy atom. The minimum Gasteiger partial charge on any atom is -0.381 e. The molecule has 2 fully saturated rings. The van der Waals surface area contributed by atoms with E-state index in [0.29, 0.717) is 5.41 Å². The van der Waals surface area contributed by atoms with Gasteiger partial charge in [0.2, 0.25) is 0 Å². The van der Waals surface area contributed by atoms with Gasteiger partial charge in [0.05, 0.1) is 13.2 Å². The maximum absolute atomic E-state index is 5.34. The van der Waals surface area contributed by atoms with E-state index < -0.39 is 0 Å². The first-order valence-electron chi connectivity index (χ1n) is 5.65. The highest BCUT2D eigenvalue weighted by molar-refractivity contribution is 4.82. The molecule has 0 radical (unpaired) electrons. The van der Waals surface area contributed by atoms with Gasteiger partial charge in [-0.3, -0.25) is 0 Å². The predicted molar refractivity (Wildman–Crippen MR) is 55.3 cm³/mol. The summed E-state index contributed by atoms with van der Waals surface area (Å²) < 4.78 is 10.5. The molecule has 82 valence electrons. The van der Waals surface area contributed by atoms with Crippen molar-refractivity contribution < 1.29 is 9.47 Å². The molecule has 0 saturated carbocycles. The fourth-order valence-electron chi connectivity index (χ4n) is 2.06. The van der Waals surface area contributed by atoms with Crippen LogP contribution in [0.3, 0.4) is 0 Å². The van der Waals surface area contributed by atoms with Crippen molar-refractivity contribution in [2.45, 2.75) is 19.8 Å². The molecular formula is C11H21NO2. The lowest BCUT2D eigenvalue weighted by Crippen LogP contribution is -2.47. The highest BCUT2D eigenvalue weighted by atomic mass is 16.5. The largest absolute Gasteiger partial charge is 0.381 e. The average Bonchev–Trinajstić information content (AvgIpc) is 2.62. The first-order chi connectivity index (χ1) is 6.79. The molecule has 14 heavy (non-hydrogen) atoms. The zero-order valence-electron chi connectivity index (χ0n) is 9.05. The van der Waals surface area contributed by atoms with Gasteiger partial charge in [-0.15, -0.1) is 0 Å². The van der Waals surface area contributed by atoms with Crippen LogP contribution in [0.25, 0.3) is 0 Å². The second kappa shape index (κ2) is 4.60. The minimum atomic E-state index is 0.409. The molecule has 2 saturated heterocycles. The molecule has 2 heterocycles. The van der Waals surface area contributed by atoms with Gasteiger partial charge >= 0.3 is 0 Å². The third-order valence-corrected chi connectivity index (χ3v) is 3.21. The Hall–Kier alpha value is -0.120. The second-order valence-corrected chi connectivity index (χ2v) is 5.00. The van der Waals surface area contributed by atoms with E-state index >= 15 is 0 Å². The summed E-state index contributed by atoms with van der Waals surface area (Å²) in [5.74, 6) is 0.799. The SMILES string of the molecule is CC1(CNCCC2CCOC2)COC1. The topological polar surface area (TPSA) is 30.5 Å². The van der Waals surface area contributed by atoms with Gasteiger partial charge in [0.15, 0.2) is 0 Å². The van der Waals surface area contributed by atoms with Gasteiger partial charge in [0.1, 0.15) is 0 Å². The van der Waals surface area contributed by atoms with E-state index in [1.165, 1.54) is 12.8 Å². The van der Waals surface area contributed by atoms with Gasteiger partial charge < -0.3 is 14.8 Å². The van der Waals surface area contributed by atoms with Gasteiger partial charge in [0.25, 0.3) is 0 Å². The molecule has 0 bridgehead atoms. The van der Waals surface area contributed by atoms with Crippen LogP contribution in [0.5, 0.6) is 0 Å². The molecule has 0 amide bonds. The molecule has 0 aliphatic carbocycles.